The molecule has 4 nitrogen and oxygen atoms in total. The summed E-state index contributed by atoms with van der Waals surface area (Å²) in [6.07, 6.45) is 0. The number of benzene rings is 2. The average Bonchev–Trinajstić information content (AvgIpc) is 2.52. The predicted molar refractivity (Wildman–Crippen MR) is 95.9 cm³/mol. The van der Waals surface area contributed by atoms with Crippen molar-refractivity contribution < 1.29 is 14.0 Å². The lowest BCUT2D eigenvalue weighted by Crippen LogP contribution is -2.18. The smallest absolute Gasteiger partial charge is 0.249 e. The SMILES string of the molecule is Cc1c(NC(=O)CSCc2c(F)cccc2Cl)cccc1C(N)=O. The molecule has 0 saturated carbocycles. The minimum absolute atomic E-state index is 0.130. The van der Waals surface area contributed by atoms with Gasteiger partial charge in [0.05, 0.1) is 5.75 Å². The molecule has 7 heteroatoms. The molecule has 0 aliphatic rings. The van der Waals surface area contributed by atoms with E-state index in [2.05, 4.69) is 5.32 Å². The summed E-state index contributed by atoms with van der Waals surface area (Å²) in [6.45, 7) is 1.71. The molecule has 2 aromatic carbocycles. The van der Waals surface area contributed by atoms with Gasteiger partial charge in [0.25, 0.3) is 0 Å². The first-order valence-corrected chi connectivity index (χ1v) is 8.63. The van der Waals surface area contributed by atoms with Gasteiger partial charge >= 0.3 is 0 Å². The van der Waals surface area contributed by atoms with Crippen LogP contribution in [0.25, 0.3) is 0 Å². The van der Waals surface area contributed by atoms with Crippen molar-refractivity contribution in [1.82, 2.24) is 0 Å². The van der Waals surface area contributed by atoms with Crippen LogP contribution >= 0.6 is 23.4 Å². The van der Waals surface area contributed by atoms with Crippen LogP contribution in [0, 0.1) is 12.7 Å². The van der Waals surface area contributed by atoms with E-state index >= 15 is 0 Å². The van der Waals surface area contributed by atoms with Gasteiger partial charge in [-0.25, -0.2) is 4.39 Å². The zero-order valence-corrected chi connectivity index (χ0v) is 14.5. The van der Waals surface area contributed by atoms with Crippen LogP contribution in [-0.4, -0.2) is 17.6 Å². The minimum atomic E-state index is -0.549. The van der Waals surface area contributed by atoms with E-state index in [9.17, 15) is 14.0 Å². The largest absolute Gasteiger partial charge is 0.366 e. The third-order valence-electron chi connectivity index (χ3n) is 3.41. The van der Waals surface area contributed by atoms with Gasteiger partial charge in [-0.2, -0.15) is 0 Å². The molecule has 2 amide bonds. The van der Waals surface area contributed by atoms with E-state index in [1.54, 1.807) is 31.2 Å². The minimum Gasteiger partial charge on any atom is -0.366 e. The molecule has 0 radical (unpaired) electrons. The van der Waals surface area contributed by atoms with E-state index < -0.39 is 5.91 Å². The fourth-order valence-corrected chi connectivity index (χ4v) is 3.31. The summed E-state index contributed by atoms with van der Waals surface area (Å²) in [4.78, 5) is 23.3. The van der Waals surface area contributed by atoms with E-state index in [-0.39, 0.29) is 17.5 Å². The Morgan fingerprint density at radius 2 is 1.96 bits per heavy atom. The number of amides is 2. The van der Waals surface area contributed by atoms with Crippen LogP contribution in [0.2, 0.25) is 5.02 Å². The molecule has 0 aliphatic heterocycles. The maximum Gasteiger partial charge on any atom is 0.249 e. The number of thioether (sulfide) groups is 1. The third kappa shape index (κ3) is 4.49. The topological polar surface area (TPSA) is 72.2 Å². The Morgan fingerprint density at radius 1 is 1.25 bits per heavy atom. The molecule has 0 aromatic heterocycles. The second-order valence-corrected chi connectivity index (χ2v) is 6.48. The molecular formula is C17H16ClFN2O2S. The van der Waals surface area contributed by atoms with Gasteiger partial charge in [0.2, 0.25) is 11.8 Å². The highest BCUT2D eigenvalue weighted by atomic mass is 35.5. The highest BCUT2D eigenvalue weighted by Gasteiger charge is 2.12. The van der Waals surface area contributed by atoms with Gasteiger partial charge in [-0.05, 0) is 36.8 Å². The molecule has 126 valence electrons. The van der Waals surface area contributed by atoms with E-state index in [0.717, 1.165) is 0 Å². The first kappa shape index (κ1) is 18.3. The Bertz CT molecular complexity index is 763. The van der Waals surface area contributed by atoms with Gasteiger partial charge in [0, 0.05) is 27.6 Å². The van der Waals surface area contributed by atoms with Crippen molar-refractivity contribution in [1.29, 1.82) is 0 Å². The Hall–Kier alpha value is -2.05. The lowest BCUT2D eigenvalue weighted by atomic mass is 10.1. The van der Waals surface area contributed by atoms with Crippen LogP contribution in [0.5, 0.6) is 0 Å². The molecule has 24 heavy (non-hydrogen) atoms. The van der Waals surface area contributed by atoms with Crippen LogP contribution in [0.1, 0.15) is 21.5 Å². The lowest BCUT2D eigenvalue weighted by Gasteiger charge is -2.11. The highest BCUT2D eigenvalue weighted by Crippen LogP contribution is 2.24. The van der Waals surface area contributed by atoms with E-state index in [1.165, 1.54) is 23.9 Å². The molecule has 0 unspecified atom stereocenters. The number of carbonyl (C=O) groups excluding carboxylic acids is 2. The number of nitrogens with two attached hydrogens (primary N) is 1. The second kappa shape index (κ2) is 8.17. The first-order valence-electron chi connectivity index (χ1n) is 7.10. The van der Waals surface area contributed by atoms with Gasteiger partial charge in [0.1, 0.15) is 5.82 Å². The van der Waals surface area contributed by atoms with Crippen molar-refractivity contribution in [2.75, 3.05) is 11.1 Å². The Morgan fingerprint density at radius 3 is 2.62 bits per heavy atom. The molecule has 2 rings (SSSR count). The molecular weight excluding hydrogens is 351 g/mol. The number of hydrogen-bond donors (Lipinski definition) is 2. The summed E-state index contributed by atoms with van der Waals surface area (Å²) in [5.74, 6) is -0.769. The van der Waals surface area contributed by atoms with Gasteiger partial charge in [-0.15, -0.1) is 11.8 Å². The fraction of sp³-hybridized carbons (Fsp3) is 0.176. The molecule has 0 spiro atoms. The summed E-state index contributed by atoms with van der Waals surface area (Å²) in [7, 11) is 0. The number of rotatable bonds is 6. The highest BCUT2D eigenvalue weighted by molar-refractivity contribution is 7.99. The van der Waals surface area contributed by atoms with Crippen molar-refractivity contribution in [2.24, 2.45) is 5.73 Å². The zero-order chi connectivity index (χ0) is 17.7. The number of anilines is 1. The Labute approximate surface area is 148 Å². The quantitative estimate of drug-likeness (QED) is 0.817. The third-order valence-corrected chi connectivity index (χ3v) is 4.73. The van der Waals surface area contributed by atoms with Crippen molar-refractivity contribution >= 4 is 40.9 Å². The lowest BCUT2D eigenvalue weighted by molar-refractivity contribution is -0.113. The van der Waals surface area contributed by atoms with Crippen molar-refractivity contribution in [3.8, 4) is 0 Å². The zero-order valence-electron chi connectivity index (χ0n) is 12.9. The van der Waals surface area contributed by atoms with Crippen LogP contribution in [0.4, 0.5) is 10.1 Å². The summed E-state index contributed by atoms with van der Waals surface area (Å²) in [6, 6.07) is 9.42. The number of primary amides is 1. The molecule has 0 atom stereocenters. The average molecular weight is 367 g/mol. The fourth-order valence-electron chi connectivity index (χ4n) is 2.14. The summed E-state index contributed by atoms with van der Waals surface area (Å²) >= 11 is 7.20. The van der Waals surface area contributed by atoms with Crippen molar-refractivity contribution in [2.45, 2.75) is 12.7 Å². The monoisotopic (exact) mass is 366 g/mol. The van der Waals surface area contributed by atoms with E-state index in [4.69, 9.17) is 17.3 Å². The molecule has 0 saturated heterocycles. The Balaban J connectivity index is 1.95. The number of halogens is 2. The molecule has 0 fully saturated rings. The van der Waals surface area contributed by atoms with Crippen molar-refractivity contribution in [3.05, 3.63) is 63.9 Å². The number of hydrogen-bond acceptors (Lipinski definition) is 3. The van der Waals surface area contributed by atoms with E-state index in [0.29, 0.717) is 33.2 Å². The predicted octanol–water partition coefficient (Wildman–Crippen LogP) is 3.76. The second-order valence-electron chi connectivity index (χ2n) is 5.08. The van der Waals surface area contributed by atoms with Gasteiger partial charge < -0.3 is 11.1 Å². The molecule has 0 aliphatic carbocycles. The van der Waals surface area contributed by atoms with Crippen LogP contribution in [-0.2, 0) is 10.5 Å². The maximum absolute atomic E-state index is 13.7. The summed E-state index contributed by atoms with van der Waals surface area (Å²) in [5.41, 5.74) is 7.16. The summed E-state index contributed by atoms with van der Waals surface area (Å²) in [5, 5.41) is 3.07. The number of carbonyl (C=O) groups is 2. The first-order chi connectivity index (χ1) is 11.4. The summed E-state index contributed by atoms with van der Waals surface area (Å²) < 4.78 is 13.7. The van der Waals surface area contributed by atoms with Crippen LogP contribution in [0.15, 0.2) is 36.4 Å². The van der Waals surface area contributed by atoms with Crippen LogP contribution < -0.4 is 11.1 Å². The van der Waals surface area contributed by atoms with Gasteiger partial charge in [0.15, 0.2) is 0 Å². The molecule has 0 bridgehead atoms. The molecule has 2 aromatic rings. The number of nitrogens with one attached hydrogen (secondary N) is 1. The Kier molecular flexibility index (Phi) is 6.23. The van der Waals surface area contributed by atoms with Gasteiger partial charge in [-0.3, -0.25) is 9.59 Å². The van der Waals surface area contributed by atoms with Gasteiger partial charge in [-0.1, -0.05) is 23.7 Å². The van der Waals surface area contributed by atoms with Crippen molar-refractivity contribution in [3.63, 3.8) is 0 Å². The van der Waals surface area contributed by atoms with Crippen LogP contribution in [0.3, 0.4) is 0 Å². The molecule has 0 heterocycles. The van der Waals surface area contributed by atoms with E-state index in [1.807, 2.05) is 0 Å². The normalized spacial score (nSPS) is 10.5. The maximum atomic E-state index is 13.7. The molecule has 3 N–H and O–H groups in total. The standard InChI is InChI=1S/C17H16ClFN2O2S/c1-10-11(17(20)23)4-2-7-15(10)21-16(22)9-24-8-12-13(18)5-3-6-14(12)19/h2-7H,8-9H2,1H3,(H2,20,23)(H,21,22).